The highest BCUT2D eigenvalue weighted by atomic mass is 16.5. The fourth-order valence-corrected chi connectivity index (χ4v) is 3.31. The molecule has 1 N–H and O–H groups in total. The van der Waals surface area contributed by atoms with Crippen molar-refractivity contribution in [3.8, 4) is 5.75 Å². The van der Waals surface area contributed by atoms with Crippen LogP contribution in [0, 0.1) is 20.8 Å². The first-order chi connectivity index (χ1) is 12.9. The Kier molecular flexibility index (Phi) is 6.01. The van der Waals surface area contributed by atoms with E-state index >= 15 is 0 Å². The molecule has 5 nitrogen and oxygen atoms in total. The minimum Gasteiger partial charge on any atom is -0.483 e. The fraction of sp³-hybridized carbons (Fsp3) is 0.409. The Hall–Kier alpha value is -2.53. The van der Waals surface area contributed by atoms with E-state index in [2.05, 4.69) is 47.3 Å². The van der Waals surface area contributed by atoms with E-state index < -0.39 is 0 Å². The second-order valence-electron chi connectivity index (χ2n) is 7.38. The van der Waals surface area contributed by atoms with Gasteiger partial charge >= 0.3 is 0 Å². The van der Waals surface area contributed by atoms with Crippen LogP contribution in [0.4, 0.5) is 11.4 Å². The van der Waals surface area contributed by atoms with Gasteiger partial charge in [0.15, 0.2) is 6.61 Å². The number of aryl methyl sites for hydroxylation is 2. The Bertz CT molecular complexity index is 794. The van der Waals surface area contributed by atoms with Crippen molar-refractivity contribution in [3.63, 3.8) is 0 Å². The molecule has 1 fully saturated rings. The van der Waals surface area contributed by atoms with Gasteiger partial charge in [-0.3, -0.25) is 4.79 Å². The Balaban J connectivity index is 1.54. The molecule has 3 rings (SSSR count). The quantitative estimate of drug-likeness (QED) is 0.880. The van der Waals surface area contributed by atoms with Crippen LogP contribution >= 0.6 is 0 Å². The molecule has 1 saturated heterocycles. The molecule has 1 heterocycles. The molecule has 0 bridgehead atoms. The summed E-state index contributed by atoms with van der Waals surface area (Å²) in [4.78, 5) is 16.9. The third-order valence-corrected chi connectivity index (χ3v) is 5.14. The number of carbonyl (C=O) groups is 1. The zero-order chi connectivity index (χ0) is 19.4. The predicted octanol–water partition coefficient (Wildman–Crippen LogP) is 3.38. The molecule has 1 aliphatic heterocycles. The van der Waals surface area contributed by atoms with Crippen molar-refractivity contribution >= 4 is 17.3 Å². The number of carbonyl (C=O) groups excluding carboxylic acids is 1. The molecule has 2 aromatic carbocycles. The first-order valence-corrected chi connectivity index (χ1v) is 9.46. The largest absolute Gasteiger partial charge is 0.483 e. The molecule has 27 heavy (non-hydrogen) atoms. The van der Waals surface area contributed by atoms with Gasteiger partial charge in [-0.15, -0.1) is 0 Å². The Morgan fingerprint density at radius 2 is 1.70 bits per heavy atom. The molecule has 0 aromatic heterocycles. The van der Waals surface area contributed by atoms with Gasteiger partial charge in [0.1, 0.15) is 5.75 Å². The van der Waals surface area contributed by atoms with E-state index in [0.717, 1.165) is 48.7 Å². The lowest BCUT2D eigenvalue weighted by Crippen LogP contribution is -2.44. The van der Waals surface area contributed by atoms with E-state index in [-0.39, 0.29) is 12.5 Å². The fourth-order valence-electron chi connectivity index (χ4n) is 3.31. The average Bonchev–Trinajstić information content (AvgIpc) is 2.65. The van der Waals surface area contributed by atoms with E-state index in [4.69, 9.17) is 4.74 Å². The highest BCUT2D eigenvalue weighted by molar-refractivity contribution is 5.92. The van der Waals surface area contributed by atoms with Crippen molar-refractivity contribution in [2.75, 3.05) is 50.1 Å². The molecule has 0 saturated carbocycles. The zero-order valence-electron chi connectivity index (χ0n) is 16.7. The number of piperazine rings is 1. The first kappa shape index (κ1) is 19.2. The normalized spacial score (nSPS) is 14.9. The van der Waals surface area contributed by atoms with Gasteiger partial charge in [-0.2, -0.15) is 0 Å². The molecule has 144 valence electrons. The van der Waals surface area contributed by atoms with Crippen LogP contribution in [0.2, 0.25) is 0 Å². The zero-order valence-corrected chi connectivity index (χ0v) is 16.7. The van der Waals surface area contributed by atoms with Gasteiger partial charge in [0.05, 0.1) is 0 Å². The lowest BCUT2D eigenvalue weighted by molar-refractivity contribution is -0.118. The van der Waals surface area contributed by atoms with Gasteiger partial charge in [-0.25, -0.2) is 0 Å². The summed E-state index contributed by atoms with van der Waals surface area (Å²) >= 11 is 0. The van der Waals surface area contributed by atoms with E-state index in [1.54, 1.807) is 0 Å². The van der Waals surface area contributed by atoms with Crippen LogP contribution in [-0.2, 0) is 4.79 Å². The summed E-state index contributed by atoms with van der Waals surface area (Å²) in [6.07, 6.45) is 0. The number of amides is 1. The van der Waals surface area contributed by atoms with Crippen molar-refractivity contribution in [1.29, 1.82) is 0 Å². The number of nitrogens with zero attached hydrogens (tertiary/aromatic N) is 2. The molecule has 0 radical (unpaired) electrons. The second kappa shape index (κ2) is 8.44. The summed E-state index contributed by atoms with van der Waals surface area (Å²) in [6, 6.07) is 12.1. The maximum atomic E-state index is 12.2. The van der Waals surface area contributed by atoms with Gasteiger partial charge in [0.25, 0.3) is 5.91 Å². The predicted molar refractivity (Wildman–Crippen MR) is 111 cm³/mol. The summed E-state index contributed by atoms with van der Waals surface area (Å²) in [6.45, 7) is 10.3. The van der Waals surface area contributed by atoms with Crippen LogP contribution < -0.4 is 15.0 Å². The van der Waals surface area contributed by atoms with E-state index in [1.807, 2.05) is 32.0 Å². The average molecular weight is 367 g/mol. The minimum atomic E-state index is -0.152. The lowest BCUT2D eigenvalue weighted by atomic mass is 10.1. The first-order valence-electron chi connectivity index (χ1n) is 9.46. The van der Waals surface area contributed by atoms with Crippen molar-refractivity contribution in [2.45, 2.75) is 20.8 Å². The molecular formula is C22H29N3O2. The molecule has 2 aromatic rings. The smallest absolute Gasteiger partial charge is 0.262 e. The number of hydrogen-bond acceptors (Lipinski definition) is 4. The molecule has 0 unspecified atom stereocenters. The summed E-state index contributed by atoms with van der Waals surface area (Å²) in [5, 5.41) is 2.91. The van der Waals surface area contributed by atoms with Crippen LogP contribution in [0.3, 0.4) is 0 Å². The van der Waals surface area contributed by atoms with E-state index in [9.17, 15) is 4.79 Å². The molecule has 0 atom stereocenters. The van der Waals surface area contributed by atoms with E-state index in [0.29, 0.717) is 0 Å². The maximum absolute atomic E-state index is 12.2. The van der Waals surface area contributed by atoms with Crippen molar-refractivity contribution in [2.24, 2.45) is 0 Å². The molecule has 0 aliphatic carbocycles. The Morgan fingerprint density at radius 3 is 2.37 bits per heavy atom. The molecule has 5 heteroatoms. The summed E-state index contributed by atoms with van der Waals surface area (Å²) in [7, 11) is 2.15. The third-order valence-electron chi connectivity index (χ3n) is 5.14. The second-order valence-corrected chi connectivity index (χ2v) is 7.38. The highest BCUT2D eigenvalue weighted by Gasteiger charge is 2.14. The van der Waals surface area contributed by atoms with Gasteiger partial charge in [0.2, 0.25) is 0 Å². The number of rotatable bonds is 5. The monoisotopic (exact) mass is 367 g/mol. The standard InChI is InChI=1S/C22H29N3O2/c1-16-13-17(2)18(3)21(14-16)27-15-22(26)23-19-5-7-20(8-6-19)25-11-9-24(4)10-12-25/h5-8,13-14H,9-12,15H2,1-4H3,(H,23,26). The van der Waals surface area contributed by atoms with Gasteiger partial charge < -0.3 is 19.9 Å². The SMILES string of the molecule is Cc1cc(C)c(C)c(OCC(=O)Nc2ccc(N3CCN(C)CC3)cc2)c1. The Labute approximate surface area is 161 Å². The van der Waals surface area contributed by atoms with Crippen LogP contribution in [0.25, 0.3) is 0 Å². The topological polar surface area (TPSA) is 44.8 Å². The van der Waals surface area contributed by atoms with Gasteiger partial charge in [0, 0.05) is 37.6 Å². The van der Waals surface area contributed by atoms with Crippen LogP contribution in [0.1, 0.15) is 16.7 Å². The van der Waals surface area contributed by atoms with Crippen molar-refractivity contribution in [3.05, 3.63) is 53.1 Å². The maximum Gasteiger partial charge on any atom is 0.262 e. The molecular weight excluding hydrogens is 338 g/mol. The van der Waals surface area contributed by atoms with Crippen LogP contribution in [0.5, 0.6) is 5.75 Å². The van der Waals surface area contributed by atoms with Gasteiger partial charge in [-0.1, -0.05) is 6.07 Å². The number of likely N-dealkylation sites (N-methyl/N-ethyl adjacent to an activating group) is 1. The van der Waals surface area contributed by atoms with Crippen molar-refractivity contribution in [1.82, 2.24) is 4.90 Å². The van der Waals surface area contributed by atoms with Gasteiger partial charge in [-0.05, 0) is 74.8 Å². The summed E-state index contributed by atoms with van der Waals surface area (Å²) in [5.74, 6) is 0.619. The summed E-state index contributed by atoms with van der Waals surface area (Å²) in [5.41, 5.74) is 5.37. The number of ether oxygens (including phenoxy) is 1. The van der Waals surface area contributed by atoms with Crippen LogP contribution in [-0.4, -0.2) is 50.6 Å². The number of anilines is 2. The number of benzene rings is 2. The third kappa shape index (κ3) is 5.01. The summed E-state index contributed by atoms with van der Waals surface area (Å²) < 4.78 is 5.74. The lowest BCUT2D eigenvalue weighted by Gasteiger charge is -2.34. The number of nitrogens with one attached hydrogen (secondary N) is 1. The van der Waals surface area contributed by atoms with Crippen molar-refractivity contribution < 1.29 is 9.53 Å². The molecule has 0 spiro atoms. The minimum absolute atomic E-state index is 0.00391. The Morgan fingerprint density at radius 1 is 1.04 bits per heavy atom. The highest BCUT2D eigenvalue weighted by Crippen LogP contribution is 2.23. The van der Waals surface area contributed by atoms with E-state index in [1.165, 1.54) is 11.3 Å². The molecule has 1 amide bonds. The molecule has 1 aliphatic rings. The number of hydrogen-bond donors (Lipinski definition) is 1. The van der Waals surface area contributed by atoms with Crippen LogP contribution in [0.15, 0.2) is 36.4 Å².